The first-order chi connectivity index (χ1) is 14.5. The van der Waals surface area contributed by atoms with Crippen molar-refractivity contribution in [2.45, 2.75) is 26.7 Å². The SMILES string of the molecule is CCC(C)=O.O=c1cc(-c2cc3cccn3cn2)oc2ccc(OCCCCl)cc12. The predicted octanol–water partition coefficient (Wildman–Crippen LogP) is 5.10. The summed E-state index contributed by atoms with van der Waals surface area (Å²) in [7, 11) is 0. The zero-order valence-electron chi connectivity index (χ0n) is 16.9. The van der Waals surface area contributed by atoms with Gasteiger partial charge in [-0.05, 0) is 49.7 Å². The lowest BCUT2D eigenvalue weighted by molar-refractivity contribution is -0.116. The van der Waals surface area contributed by atoms with Gasteiger partial charge in [-0.2, -0.15) is 0 Å². The molecule has 0 spiro atoms. The molecule has 30 heavy (non-hydrogen) atoms. The van der Waals surface area contributed by atoms with E-state index >= 15 is 0 Å². The number of fused-ring (bicyclic) bond motifs is 2. The number of nitrogens with zero attached hydrogens (tertiary/aromatic N) is 2. The fraction of sp³-hybridized carbons (Fsp3) is 0.261. The first-order valence-corrected chi connectivity index (χ1v) is 10.2. The van der Waals surface area contributed by atoms with E-state index in [0.717, 1.165) is 11.9 Å². The van der Waals surface area contributed by atoms with Crippen molar-refractivity contribution in [1.29, 1.82) is 0 Å². The fourth-order valence-electron chi connectivity index (χ4n) is 2.67. The molecule has 6 nitrogen and oxygen atoms in total. The number of Topliss-reactive ketones (excluding diaryl/α,β-unsaturated/α-hetero) is 1. The van der Waals surface area contributed by atoms with E-state index in [2.05, 4.69) is 4.98 Å². The Morgan fingerprint density at radius 2 is 2.03 bits per heavy atom. The second-order valence-corrected chi connectivity index (χ2v) is 7.07. The molecule has 4 rings (SSSR count). The van der Waals surface area contributed by atoms with Gasteiger partial charge in [-0.15, -0.1) is 11.6 Å². The van der Waals surface area contributed by atoms with Crippen LogP contribution in [-0.2, 0) is 4.79 Å². The third kappa shape index (κ3) is 5.27. The molecule has 0 radical (unpaired) electrons. The summed E-state index contributed by atoms with van der Waals surface area (Å²) in [5.74, 6) is 1.87. The maximum atomic E-state index is 12.5. The van der Waals surface area contributed by atoms with E-state index in [0.29, 0.717) is 47.1 Å². The highest BCUT2D eigenvalue weighted by Gasteiger charge is 2.10. The number of hydrogen-bond acceptors (Lipinski definition) is 5. The fourth-order valence-corrected chi connectivity index (χ4v) is 2.78. The van der Waals surface area contributed by atoms with Crippen LogP contribution < -0.4 is 10.2 Å². The maximum Gasteiger partial charge on any atom is 0.193 e. The molecule has 0 unspecified atom stereocenters. The van der Waals surface area contributed by atoms with Gasteiger partial charge in [-0.25, -0.2) is 4.98 Å². The number of carbonyl (C=O) groups is 1. The molecule has 156 valence electrons. The summed E-state index contributed by atoms with van der Waals surface area (Å²) in [4.78, 5) is 26.7. The quantitative estimate of drug-likeness (QED) is 0.316. The number of benzene rings is 1. The topological polar surface area (TPSA) is 73.8 Å². The van der Waals surface area contributed by atoms with Crippen LogP contribution in [0.3, 0.4) is 0 Å². The lowest BCUT2D eigenvalue weighted by Gasteiger charge is -2.07. The Morgan fingerprint density at radius 3 is 2.77 bits per heavy atom. The summed E-state index contributed by atoms with van der Waals surface area (Å²) < 4.78 is 13.4. The van der Waals surface area contributed by atoms with Gasteiger partial charge >= 0.3 is 0 Å². The van der Waals surface area contributed by atoms with Crippen LogP contribution in [0.2, 0.25) is 0 Å². The van der Waals surface area contributed by atoms with E-state index in [1.165, 1.54) is 6.07 Å². The summed E-state index contributed by atoms with van der Waals surface area (Å²) >= 11 is 5.64. The Balaban J connectivity index is 0.000000461. The lowest BCUT2D eigenvalue weighted by Crippen LogP contribution is -2.03. The number of alkyl halides is 1. The second-order valence-electron chi connectivity index (χ2n) is 6.69. The smallest absolute Gasteiger partial charge is 0.193 e. The van der Waals surface area contributed by atoms with Crippen LogP contribution in [0.15, 0.2) is 64.2 Å². The number of carbonyl (C=O) groups excluding carboxylic acids is 1. The summed E-state index contributed by atoms with van der Waals surface area (Å²) in [5.41, 5.74) is 1.98. The standard InChI is InChI=1S/C19H15ClN2O3.C4H8O/c20-6-2-8-24-14-4-5-18-15(10-14)17(23)11-19(25-18)16-9-13-3-1-7-22(13)12-21-16;1-3-4(2)5/h1,3-5,7,9-12H,2,6,8H2;3H2,1-2H3. The van der Waals surface area contributed by atoms with Crippen LogP contribution in [0.5, 0.6) is 5.75 Å². The Labute approximate surface area is 179 Å². The summed E-state index contributed by atoms with van der Waals surface area (Å²) in [6.45, 7) is 3.95. The lowest BCUT2D eigenvalue weighted by atomic mass is 10.2. The van der Waals surface area contributed by atoms with Crippen LogP contribution in [0, 0.1) is 0 Å². The molecule has 3 aromatic heterocycles. The molecule has 0 fully saturated rings. The Hall–Kier alpha value is -3.12. The Morgan fingerprint density at radius 1 is 1.23 bits per heavy atom. The largest absolute Gasteiger partial charge is 0.494 e. The van der Waals surface area contributed by atoms with Crippen molar-refractivity contribution in [1.82, 2.24) is 9.38 Å². The van der Waals surface area contributed by atoms with E-state index in [4.69, 9.17) is 20.8 Å². The number of aromatic nitrogens is 2. The third-order valence-electron chi connectivity index (χ3n) is 4.41. The minimum Gasteiger partial charge on any atom is -0.494 e. The number of ketones is 1. The molecule has 0 N–H and O–H groups in total. The molecule has 1 aromatic carbocycles. The molecule has 4 aromatic rings. The predicted molar refractivity (Wildman–Crippen MR) is 118 cm³/mol. The van der Waals surface area contributed by atoms with Crippen molar-refractivity contribution in [2.24, 2.45) is 0 Å². The van der Waals surface area contributed by atoms with Crippen molar-refractivity contribution in [3.8, 4) is 17.2 Å². The molecule has 0 aliphatic rings. The van der Waals surface area contributed by atoms with Gasteiger partial charge in [-0.1, -0.05) is 6.92 Å². The van der Waals surface area contributed by atoms with Gasteiger partial charge in [0.05, 0.1) is 18.3 Å². The van der Waals surface area contributed by atoms with Crippen LogP contribution in [0.25, 0.3) is 27.9 Å². The Bertz CT molecular complexity index is 1210. The summed E-state index contributed by atoms with van der Waals surface area (Å²) in [6.07, 6.45) is 5.03. The monoisotopic (exact) mass is 426 g/mol. The molecule has 0 saturated heterocycles. The molecule has 7 heteroatoms. The number of hydrogen-bond donors (Lipinski definition) is 0. The zero-order valence-corrected chi connectivity index (χ0v) is 17.7. The summed E-state index contributed by atoms with van der Waals surface area (Å²) in [5, 5.41) is 0.482. The normalized spacial score (nSPS) is 10.6. The van der Waals surface area contributed by atoms with Gasteiger partial charge in [0.1, 0.15) is 22.8 Å². The van der Waals surface area contributed by atoms with E-state index in [9.17, 15) is 9.59 Å². The highest BCUT2D eigenvalue weighted by Crippen LogP contribution is 2.24. The minimum atomic E-state index is -0.129. The van der Waals surface area contributed by atoms with Crippen molar-refractivity contribution >= 4 is 33.9 Å². The molecule has 0 bridgehead atoms. The van der Waals surface area contributed by atoms with E-state index in [1.807, 2.05) is 35.7 Å². The first kappa shape index (κ1) is 21.6. The molecular formula is C23H23ClN2O4. The molecule has 0 atom stereocenters. The summed E-state index contributed by atoms with van der Waals surface area (Å²) in [6, 6.07) is 12.5. The number of ether oxygens (including phenoxy) is 1. The van der Waals surface area contributed by atoms with E-state index in [1.54, 1.807) is 31.5 Å². The highest BCUT2D eigenvalue weighted by molar-refractivity contribution is 6.17. The maximum absolute atomic E-state index is 12.5. The van der Waals surface area contributed by atoms with Gasteiger partial charge in [0.25, 0.3) is 0 Å². The van der Waals surface area contributed by atoms with Crippen LogP contribution in [0.4, 0.5) is 0 Å². The molecule has 3 heterocycles. The van der Waals surface area contributed by atoms with Gasteiger partial charge in [0.2, 0.25) is 0 Å². The van der Waals surface area contributed by atoms with Gasteiger partial charge < -0.3 is 18.3 Å². The first-order valence-electron chi connectivity index (χ1n) is 9.71. The molecule has 0 amide bonds. The third-order valence-corrected chi connectivity index (χ3v) is 4.68. The van der Waals surface area contributed by atoms with Crippen molar-refractivity contribution in [3.63, 3.8) is 0 Å². The molecule has 0 saturated carbocycles. The number of rotatable bonds is 6. The van der Waals surface area contributed by atoms with Crippen molar-refractivity contribution < 1.29 is 13.9 Å². The number of halogens is 1. The zero-order chi connectivity index (χ0) is 21.5. The molecule has 0 aliphatic carbocycles. The van der Waals surface area contributed by atoms with E-state index in [-0.39, 0.29) is 11.2 Å². The van der Waals surface area contributed by atoms with Gasteiger partial charge in [-0.3, -0.25) is 4.79 Å². The molecular weight excluding hydrogens is 404 g/mol. The van der Waals surface area contributed by atoms with Crippen molar-refractivity contribution in [2.75, 3.05) is 12.5 Å². The van der Waals surface area contributed by atoms with Gasteiger partial charge in [0, 0.05) is 30.1 Å². The average molecular weight is 427 g/mol. The minimum absolute atomic E-state index is 0.129. The van der Waals surface area contributed by atoms with Crippen LogP contribution in [-0.4, -0.2) is 27.7 Å². The Kier molecular flexibility index (Phi) is 7.25. The second kappa shape index (κ2) is 10.1. The van der Waals surface area contributed by atoms with Gasteiger partial charge in [0.15, 0.2) is 11.2 Å². The molecule has 0 aliphatic heterocycles. The average Bonchev–Trinajstić information content (AvgIpc) is 3.22. The van der Waals surface area contributed by atoms with Crippen LogP contribution >= 0.6 is 11.6 Å². The highest BCUT2D eigenvalue weighted by atomic mass is 35.5. The van der Waals surface area contributed by atoms with Crippen molar-refractivity contribution in [3.05, 3.63) is 65.2 Å². The van der Waals surface area contributed by atoms with Crippen LogP contribution in [0.1, 0.15) is 26.7 Å². The van der Waals surface area contributed by atoms with E-state index < -0.39 is 0 Å².